The minimum absolute atomic E-state index is 0.0642. The van der Waals surface area contributed by atoms with E-state index < -0.39 is 0 Å². The molecule has 0 unspecified atom stereocenters. The zero-order valence-electron chi connectivity index (χ0n) is 16.5. The molecule has 0 bridgehead atoms. The first-order chi connectivity index (χ1) is 12.3. The van der Waals surface area contributed by atoms with Gasteiger partial charge < -0.3 is 24.7 Å². The number of carbonyl (C=O) groups excluding carboxylic acids is 1. The van der Waals surface area contributed by atoms with E-state index in [4.69, 9.17) is 9.15 Å². The van der Waals surface area contributed by atoms with Gasteiger partial charge in [0.2, 0.25) is 5.89 Å². The molecule has 0 aliphatic carbocycles. The molecule has 1 aliphatic heterocycles. The summed E-state index contributed by atoms with van der Waals surface area (Å²) in [5.41, 5.74) is -0.0642. The number of hydrogen-bond acceptors (Lipinski definition) is 5. The zero-order valence-corrected chi connectivity index (χ0v) is 16.5. The van der Waals surface area contributed by atoms with Gasteiger partial charge in [0, 0.05) is 31.1 Å². The van der Waals surface area contributed by atoms with Gasteiger partial charge in [-0.1, -0.05) is 20.8 Å². The molecule has 1 aromatic rings. The SMILES string of the molecule is CCNC(=NCc1ncc(C(C)(C)C)o1)NC1CCN(C(=O)OC)CC1. The Hall–Kier alpha value is -2.25. The maximum atomic E-state index is 11.6. The van der Waals surface area contributed by atoms with Crippen molar-refractivity contribution >= 4 is 12.1 Å². The lowest BCUT2D eigenvalue weighted by atomic mass is 9.94. The van der Waals surface area contributed by atoms with E-state index >= 15 is 0 Å². The lowest BCUT2D eigenvalue weighted by Gasteiger charge is -2.32. The van der Waals surface area contributed by atoms with E-state index in [-0.39, 0.29) is 17.6 Å². The fraction of sp³-hybridized carbons (Fsp3) is 0.722. The quantitative estimate of drug-likeness (QED) is 0.628. The summed E-state index contributed by atoms with van der Waals surface area (Å²) in [6.45, 7) is 10.8. The predicted octanol–water partition coefficient (Wildman–Crippen LogP) is 2.26. The van der Waals surface area contributed by atoms with Gasteiger partial charge in [-0.3, -0.25) is 0 Å². The molecule has 2 heterocycles. The largest absolute Gasteiger partial charge is 0.453 e. The number of ether oxygens (including phenoxy) is 1. The monoisotopic (exact) mass is 365 g/mol. The molecule has 0 aromatic carbocycles. The Kier molecular flexibility index (Phi) is 6.88. The number of aromatic nitrogens is 1. The summed E-state index contributed by atoms with van der Waals surface area (Å²) in [6, 6.07) is 0.267. The van der Waals surface area contributed by atoms with E-state index in [0.29, 0.717) is 25.5 Å². The molecule has 1 fully saturated rings. The summed E-state index contributed by atoms with van der Waals surface area (Å²) in [5.74, 6) is 2.20. The van der Waals surface area contributed by atoms with Crippen molar-refractivity contribution in [3.05, 3.63) is 17.8 Å². The summed E-state index contributed by atoms with van der Waals surface area (Å²) in [5, 5.41) is 6.68. The molecule has 26 heavy (non-hydrogen) atoms. The van der Waals surface area contributed by atoms with Crippen molar-refractivity contribution in [2.45, 2.75) is 58.5 Å². The minimum Gasteiger partial charge on any atom is -0.453 e. The van der Waals surface area contributed by atoms with Crippen LogP contribution >= 0.6 is 0 Å². The van der Waals surface area contributed by atoms with Crippen molar-refractivity contribution < 1.29 is 13.9 Å². The molecule has 0 saturated carbocycles. The molecule has 8 nitrogen and oxygen atoms in total. The van der Waals surface area contributed by atoms with Crippen LogP contribution in [0.2, 0.25) is 0 Å². The van der Waals surface area contributed by atoms with E-state index in [1.807, 2.05) is 6.92 Å². The van der Waals surface area contributed by atoms with Crippen LogP contribution in [0.25, 0.3) is 0 Å². The van der Waals surface area contributed by atoms with Crippen LogP contribution < -0.4 is 10.6 Å². The van der Waals surface area contributed by atoms with Crippen LogP contribution in [0.15, 0.2) is 15.6 Å². The van der Waals surface area contributed by atoms with Crippen molar-refractivity contribution in [3.8, 4) is 0 Å². The Labute approximate surface area is 155 Å². The molecule has 2 rings (SSSR count). The second-order valence-electron chi connectivity index (χ2n) is 7.44. The van der Waals surface area contributed by atoms with Gasteiger partial charge in [-0.25, -0.2) is 14.8 Å². The summed E-state index contributed by atoms with van der Waals surface area (Å²) < 4.78 is 10.6. The highest BCUT2D eigenvalue weighted by Gasteiger charge is 2.24. The van der Waals surface area contributed by atoms with Crippen molar-refractivity contribution in [2.75, 3.05) is 26.7 Å². The van der Waals surface area contributed by atoms with Crippen molar-refractivity contribution in [2.24, 2.45) is 4.99 Å². The van der Waals surface area contributed by atoms with Crippen LogP contribution in [0.1, 0.15) is 52.2 Å². The van der Waals surface area contributed by atoms with E-state index in [2.05, 4.69) is 41.4 Å². The number of carbonyl (C=O) groups is 1. The third kappa shape index (κ3) is 5.64. The number of piperidine rings is 1. The van der Waals surface area contributed by atoms with Gasteiger partial charge in [0.25, 0.3) is 0 Å². The van der Waals surface area contributed by atoms with Crippen LogP contribution in [0, 0.1) is 0 Å². The first kappa shape index (κ1) is 20.1. The fourth-order valence-electron chi connectivity index (χ4n) is 2.73. The normalized spacial score (nSPS) is 16.5. The smallest absolute Gasteiger partial charge is 0.409 e. The molecule has 8 heteroatoms. The number of nitrogens with one attached hydrogen (secondary N) is 2. The number of methoxy groups -OCH3 is 1. The summed E-state index contributed by atoms with van der Waals surface area (Å²) >= 11 is 0. The zero-order chi connectivity index (χ0) is 19.2. The molecule has 0 radical (unpaired) electrons. The Morgan fingerprint density at radius 2 is 2.12 bits per heavy atom. The van der Waals surface area contributed by atoms with E-state index in [0.717, 1.165) is 31.1 Å². The number of oxazole rings is 1. The highest BCUT2D eigenvalue weighted by molar-refractivity contribution is 5.80. The molecule has 2 N–H and O–H groups in total. The number of rotatable bonds is 4. The lowest BCUT2D eigenvalue weighted by Crippen LogP contribution is -2.49. The maximum absolute atomic E-state index is 11.6. The van der Waals surface area contributed by atoms with Crippen LogP contribution in [0.4, 0.5) is 4.79 Å². The highest BCUT2D eigenvalue weighted by Crippen LogP contribution is 2.22. The van der Waals surface area contributed by atoms with Gasteiger partial charge in [0.1, 0.15) is 12.3 Å². The number of likely N-dealkylation sites (tertiary alicyclic amines) is 1. The average Bonchev–Trinajstić information content (AvgIpc) is 3.09. The van der Waals surface area contributed by atoms with Gasteiger partial charge in [-0.05, 0) is 19.8 Å². The number of hydrogen-bond donors (Lipinski definition) is 2. The molecule has 146 valence electrons. The van der Waals surface area contributed by atoms with E-state index in [9.17, 15) is 4.79 Å². The van der Waals surface area contributed by atoms with Crippen molar-refractivity contribution in [1.29, 1.82) is 0 Å². The molecular formula is C18H31N5O3. The molecule has 1 saturated heterocycles. The number of amides is 1. The third-order valence-electron chi connectivity index (χ3n) is 4.28. The van der Waals surface area contributed by atoms with Gasteiger partial charge in [0.05, 0.1) is 13.3 Å². The lowest BCUT2D eigenvalue weighted by molar-refractivity contribution is 0.111. The first-order valence-electron chi connectivity index (χ1n) is 9.16. The summed E-state index contributed by atoms with van der Waals surface area (Å²) in [4.78, 5) is 22.2. The van der Waals surface area contributed by atoms with Crippen LogP contribution in [0.3, 0.4) is 0 Å². The minimum atomic E-state index is -0.262. The fourth-order valence-corrected chi connectivity index (χ4v) is 2.73. The van der Waals surface area contributed by atoms with Gasteiger partial charge in [-0.2, -0.15) is 0 Å². The molecule has 0 atom stereocenters. The Morgan fingerprint density at radius 1 is 1.42 bits per heavy atom. The molecule has 1 aliphatic rings. The molecular weight excluding hydrogens is 334 g/mol. The second kappa shape index (κ2) is 8.91. The summed E-state index contributed by atoms with van der Waals surface area (Å²) in [7, 11) is 1.41. The van der Waals surface area contributed by atoms with Crippen molar-refractivity contribution in [3.63, 3.8) is 0 Å². The van der Waals surface area contributed by atoms with Crippen LogP contribution in [-0.4, -0.2) is 54.7 Å². The maximum Gasteiger partial charge on any atom is 0.409 e. The third-order valence-corrected chi connectivity index (χ3v) is 4.28. The van der Waals surface area contributed by atoms with Gasteiger partial charge >= 0.3 is 6.09 Å². The number of guanidine groups is 1. The average molecular weight is 365 g/mol. The molecule has 1 amide bonds. The summed E-state index contributed by atoms with van der Waals surface area (Å²) in [6.07, 6.45) is 3.22. The second-order valence-corrected chi connectivity index (χ2v) is 7.44. The van der Waals surface area contributed by atoms with Crippen molar-refractivity contribution in [1.82, 2.24) is 20.5 Å². The van der Waals surface area contributed by atoms with Gasteiger partial charge in [0.15, 0.2) is 5.96 Å². The molecule has 0 spiro atoms. The highest BCUT2D eigenvalue weighted by atomic mass is 16.5. The van der Waals surface area contributed by atoms with Crippen LogP contribution in [0.5, 0.6) is 0 Å². The number of nitrogens with zero attached hydrogens (tertiary/aromatic N) is 3. The standard InChI is InChI=1S/C18H31N5O3/c1-6-19-16(21-12-15-20-11-14(26-15)18(2,3)4)22-13-7-9-23(10-8-13)17(24)25-5/h11,13H,6-10,12H2,1-5H3,(H2,19,21,22). The topological polar surface area (TPSA) is 92.0 Å². The Balaban J connectivity index is 1.91. The van der Waals surface area contributed by atoms with Gasteiger partial charge in [-0.15, -0.1) is 0 Å². The Bertz CT molecular complexity index is 613. The van der Waals surface area contributed by atoms with E-state index in [1.165, 1.54) is 7.11 Å². The Morgan fingerprint density at radius 3 is 2.65 bits per heavy atom. The molecule has 1 aromatic heterocycles. The first-order valence-corrected chi connectivity index (χ1v) is 9.16. The predicted molar refractivity (Wildman–Crippen MR) is 100 cm³/mol. The number of aliphatic imine (C=N–C) groups is 1. The van der Waals surface area contributed by atoms with Crippen LogP contribution in [-0.2, 0) is 16.7 Å². The van der Waals surface area contributed by atoms with E-state index in [1.54, 1.807) is 11.1 Å².